The summed E-state index contributed by atoms with van der Waals surface area (Å²) in [5, 5.41) is 0. The van der Waals surface area contributed by atoms with E-state index in [1.165, 1.54) is 24.3 Å². The predicted octanol–water partition coefficient (Wildman–Crippen LogP) is 0.984. The predicted molar refractivity (Wildman–Crippen MR) is 49.0 cm³/mol. The number of primary amides is 1. The number of rotatable bonds is 4. The molecule has 1 amide bonds. The standard InChI is InChI=1S/C10H10FNO2/c11-8-3-1-7(2-4-8)9(5-6-13)10(12)14/h1-4,6,9H,5H2,(H2,12,14). The molecule has 0 bridgehead atoms. The first-order chi connectivity index (χ1) is 6.65. The van der Waals surface area contributed by atoms with Gasteiger partial charge in [-0.25, -0.2) is 4.39 Å². The van der Waals surface area contributed by atoms with E-state index in [1.807, 2.05) is 0 Å². The summed E-state index contributed by atoms with van der Waals surface area (Å²) in [5.74, 6) is -1.63. The second kappa shape index (κ2) is 4.50. The number of hydrogen-bond donors (Lipinski definition) is 1. The minimum Gasteiger partial charge on any atom is -0.369 e. The molecule has 1 unspecified atom stereocenters. The van der Waals surface area contributed by atoms with Gasteiger partial charge in [-0.1, -0.05) is 12.1 Å². The third-order valence-electron chi connectivity index (χ3n) is 1.95. The monoisotopic (exact) mass is 195 g/mol. The van der Waals surface area contributed by atoms with Crippen LogP contribution >= 0.6 is 0 Å². The second-order valence-electron chi connectivity index (χ2n) is 2.91. The summed E-state index contributed by atoms with van der Waals surface area (Å²) >= 11 is 0. The average Bonchev–Trinajstić information content (AvgIpc) is 2.15. The number of carbonyl (C=O) groups is 2. The molecule has 0 saturated heterocycles. The minimum absolute atomic E-state index is 0.0287. The molecular formula is C10H10FNO2. The second-order valence-corrected chi connectivity index (χ2v) is 2.91. The van der Waals surface area contributed by atoms with Crippen LogP contribution in [-0.4, -0.2) is 12.2 Å². The quantitative estimate of drug-likeness (QED) is 0.728. The van der Waals surface area contributed by atoms with E-state index >= 15 is 0 Å². The fraction of sp³-hybridized carbons (Fsp3) is 0.200. The molecule has 74 valence electrons. The Hall–Kier alpha value is -1.71. The molecule has 0 radical (unpaired) electrons. The molecule has 0 heterocycles. The van der Waals surface area contributed by atoms with Crippen LogP contribution in [0, 0.1) is 5.82 Å². The van der Waals surface area contributed by atoms with Gasteiger partial charge >= 0.3 is 0 Å². The summed E-state index contributed by atoms with van der Waals surface area (Å²) in [6.45, 7) is 0. The molecule has 0 aliphatic heterocycles. The van der Waals surface area contributed by atoms with Crippen LogP contribution < -0.4 is 5.73 Å². The number of benzene rings is 1. The number of nitrogens with two attached hydrogens (primary N) is 1. The number of amides is 1. The van der Waals surface area contributed by atoms with Gasteiger partial charge in [0, 0.05) is 6.42 Å². The van der Waals surface area contributed by atoms with Crippen molar-refractivity contribution < 1.29 is 14.0 Å². The average molecular weight is 195 g/mol. The first kappa shape index (κ1) is 10.4. The van der Waals surface area contributed by atoms with Crippen LogP contribution in [0.1, 0.15) is 17.9 Å². The maximum absolute atomic E-state index is 12.6. The molecule has 2 N–H and O–H groups in total. The van der Waals surface area contributed by atoms with Gasteiger partial charge < -0.3 is 10.5 Å². The molecule has 1 aromatic rings. The Balaban J connectivity index is 2.93. The van der Waals surface area contributed by atoms with E-state index in [-0.39, 0.29) is 12.2 Å². The fourth-order valence-electron chi connectivity index (χ4n) is 1.21. The molecule has 0 saturated carbocycles. The molecule has 1 rings (SSSR count). The van der Waals surface area contributed by atoms with E-state index in [9.17, 15) is 14.0 Å². The highest BCUT2D eigenvalue weighted by Crippen LogP contribution is 2.18. The minimum atomic E-state index is -0.659. The summed E-state index contributed by atoms with van der Waals surface area (Å²) in [7, 11) is 0. The van der Waals surface area contributed by atoms with Crippen LogP contribution in [0.5, 0.6) is 0 Å². The lowest BCUT2D eigenvalue weighted by Crippen LogP contribution is -2.21. The molecular weight excluding hydrogens is 185 g/mol. The third-order valence-corrected chi connectivity index (χ3v) is 1.95. The number of aldehydes is 1. The van der Waals surface area contributed by atoms with Gasteiger partial charge in [-0.15, -0.1) is 0 Å². The van der Waals surface area contributed by atoms with Crippen molar-refractivity contribution in [3.05, 3.63) is 35.6 Å². The summed E-state index contributed by atoms with van der Waals surface area (Å²) in [5.41, 5.74) is 5.66. The first-order valence-corrected chi connectivity index (χ1v) is 4.13. The highest BCUT2D eigenvalue weighted by molar-refractivity contribution is 5.84. The van der Waals surface area contributed by atoms with Crippen LogP contribution in [0.4, 0.5) is 4.39 Å². The van der Waals surface area contributed by atoms with Crippen LogP contribution in [0.25, 0.3) is 0 Å². The van der Waals surface area contributed by atoms with Gasteiger partial charge in [0.05, 0.1) is 5.92 Å². The highest BCUT2D eigenvalue weighted by Gasteiger charge is 2.16. The van der Waals surface area contributed by atoms with Crippen molar-refractivity contribution in [2.45, 2.75) is 12.3 Å². The Morgan fingerprint density at radius 2 is 2.00 bits per heavy atom. The topological polar surface area (TPSA) is 60.2 Å². The summed E-state index contributed by atoms with van der Waals surface area (Å²) in [6, 6.07) is 5.37. The zero-order valence-electron chi connectivity index (χ0n) is 7.44. The summed E-state index contributed by atoms with van der Waals surface area (Å²) in [4.78, 5) is 21.2. The Morgan fingerprint density at radius 3 is 2.43 bits per heavy atom. The van der Waals surface area contributed by atoms with Crippen molar-refractivity contribution in [3.8, 4) is 0 Å². The lowest BCUT2D eigenvalue weighted by Gasteiger charge is -2.09. The Bertz CT molecular complexity index is 334. The van der Waals surface area contributed by atoms with Crippen molar-refractivity contribution in [1.82, 2.24) is 0 Å². The van der Waals surface area contributed by atoms with Gasteiger partial charge in [0.25, 0.3) is 0 Å². The first-order valence-electron chi connectivity index (χ1n) is 4.13. The van der Waals surface area contributed by atoms with Crippen LogP contribution in [0.15, 0.2) is 24.3 Å². The smallest absolute Gasteiger partial charge is 0.225 e. The SMILES string of the molecule is NC(=O)C(CC=O)c1ccc(F)cc1. The lowest BCUT2D eigenvalue weighted by atomic mass is 9.96. The van der Waals surface area contributed by atoms with Crippen LogP contribution in [-0.2, 0) is 9.59 Å². The van der Waals surface area contributed by atoms with E-state index in [4.69, 9.17) is 5.73 Å². The molecule has 4 heteroatoms. The van der Waals surface area contributed by atoms with Crippen molar-refractivity contribution in [2.75, 3.05) is 0 Å². The van der Waals surface area contributed by atoms with Gasteiger partial charge in [-0.05, 0) is 17.7 Å². The fourth-order valence-corrected chi connectivity index (χ4v) is 1.21. The molecule has 3 nitrogen and oxygen atoms in total. The normalized spacial score (nSPS) is 12.1. The van der Waals surface area contributed by atoms with Gasteiger partial charge in [-0.2, -0.15) is 0 Å². The van der Waals surface area contributed by atoms with Crippen molar-refractivity contribution in [1.29, 1.82) is 0 Å². The van der Waals surface area contributed by atoms with Gasteiger partial charge in [-0.3, -0.25) is 4.79 Å². The Labute approximate surface area is 80.7 Å². The molecule has 0 aliphatic carbocycles. The molecule has 1 aromatic carbocycles. The molecule has 0 spiro atoms. The van der Waals surface area contributed by atoms with Gasteiger partial charge in [0.1, 0.15) is 12.1 Å². The van der Waals surface area contributed by atoms with Crippen molar-refractivity contribution in [3.63, 3.8) is 0 Å². The van der Waals surface area contributed by atoms with Crippen LogP contribution in [0.2, 0.25) is 0 Å². The molecule has 14 heavy (non-hydrogen) atoms. The van der Waals surface area contributed by atoms with E-state index in [2.05, 4.69) is 0 Å². The Morgan fingerprint density at radius 1 is 1.43 bits per heavy atom. The van der Waals surface area contributed by atoms with Crippen LogP contribution in [0.3, 0.4) is 0 Å². The van der Waals surface area contributed by atoms with E-state index < -0.39 is 11.8 Å². The third kappa shape index (κ3) is 2.39. The zero-order valence-corrected chi connectivity index (χ0v) is 7.44. The maximum Gasteiger partial charge on any atom is 0.225 e. The molecule has 0 fully saturated rings. The van der Waals surface area contributed by atoms with E-state index in [0.717, 1.165) is 0 Å². The van der Waals surface area contributed by atoms with E-state index in [0.29, 0.717) is 11.8 Å². The zero-order chi connectivity index (χ0) is 10.6. The van der Waals surface area contributed by atoms with Crippen molar-refractivity contribution >= 4 is 12.2 Å². The van der Waals surface area contributed by atoms with Gasteiger partial charge in [0.2, 0.25) is 5.91 Å². The van der Waals surface area contributed by atoms with E-state index in [1.54, 1.807) is 0 Å². The largest absolute Gasteiger partial charge is 0.369 e. The van der Waals surface area contributed by atoms with Gasteiger partial charge in [0.15, 0.2) is 0 Å². The Kier molecular flexibility index (Phi) is 3.34. The lowest BCUT2D eigenvalue weighted by molar-refractivity contribution is -0.121. The number of carbonyl (C=O) groups excluding carboxylic acids is 2. The highest BCUT2D eigenvalue weighted by atomic mass is 19.1. The molecule has 0 aromatic heterocycles. The molecule has 0 aliphatic rings. The molecule has 1 atom stereocenters. The maximum atomic E-state index is 12.6. The van der Waals surface area contributed by atoms with Crippen molar-refractivity contribution in [2.24, 2.45) is 5.73 Å². The number of halogens is 1. The summed E-state index contributed by atoms with van der Waals surface area (Å²) in [6.07, 6.45) is 0.653. The number of hydrogen-bond acceptors (Lipinski definition) is 2. The summed E-state index contributed by atoms with van der Waals surface area (Å²) < 4.78 is 12.6.